The zero-order valence-electron chi connectivity index (χ0n) is 7.70. The molecule has 1 rings (SSSR count). The normalized spacial score (nSPS) is 11.1. The molecule has 0 heterocycles. The number of primary amides is 1. The van der Waals surface area contributed by atoms with Gasteiger partial charge in [0.05, 0.1) is 10.7 Å². The molecule has 0 aliphatic heterocycles. The van der Waals surface area contributed by atoms with Gasteiger partial charge in [0.1, 0.15) is 4.90 Å². The molecule has 0 aliphatic rings. The van der Waals surface area contributed by atoms with Gasteiger partial charge in [0.15, 0.2) is 0 Å². The number of urea groups is 1. The van der Waals surface area contributed by atoms with Crippen molar-refractivity contribution >= 4 is 44.9 Å². The first-order valence-electron chi connectivity index (χ1n) is 3.81. The molecule has 6 nitrogen and oxygen atoms in total. The third-order valence-electron chi connectivity index (χ3n) is 1.54. The number of sulfonamides is 1. The van der Waals surface area contributed by atoms with Crippen LogP contribution in [0, 0.1) is 0 Å². The van der Waals surface area contributed by atoms with Crippen LogP contribution in [0.5, 0.6) is 0 Å². The second-order valence-corrected chi connectivity index (χ2v) is 5.24. The van der Waals surface area contributed by atoms with Crippen molar-refractivity contribution in [2.24, 2.45) is 5.73 Å². The second kappa shape index (κ2) is 4.36. The Labute approximate surface area is 102 Å². The van der Waals surface area contributed by atoms with Crippen molar-refractivity contribution in [3.63, 3.8) is 0 Å². The maximum Gasteiger partial charge on any atom is 0.326 e. The van der Waals surface area contributed by atoms with E-state index in [1.807, 2.05) is 0 Å². The Hall–Kier alpha value is -1.18. The first kappa shape index (κ1) is 12.9. The van der Waals surface area contributed by atoms with Gasteiger partial charge >= 0.3 is 6.03 Å². The molecule has 0 atom stereocenters. The molecule has 0 saturated heterocycles. The monoisotopic (exact) mass is 283 g/mol. The van der Waals surface area contributed by atoms with Gasteiger partial charge in [-0.1, -0.05) is 23.2 Å². The van der Waals surface area contributed by atoms with Gasteiger partial charge in [-0.15, -0.1) is 0 Å². The maximum absolute atomic E-state index is 11.6. The molecule has 2 amide bonds. The summed E-state index contributed by atoms with van der Waals surface area (Å²) in [6, 6.07) is 1.16. The topological polar surface area (TPSA) is 115 Å². The van der Waals surface area contributed by atoms with Crippen LogP contribution in [0.3, 0.4) is 0 Å². The molecule has 1 aromatic carbocycles. The predicted octanol–water partition coefficient (Wildman–Crippen LogP) is 0.933. The molecule has 88 valence electrons. The predicted molar refractivity (Wildman–Crippen MR) is 60.8 cm³/mol. The zero-order valence-corrected chi connectivity index (χ0v) is 10.0. The summed E-state index contributed by atoms with van der Waals surface area (Å²) in [7, 11) is -4.18. The summed E-state index contributed by atoms with van der Waals surface area (Å²) in [5.41, 5.74) is 9.98. The molecule has 0 fully saturated rings. The molecule has 9 heteroatoms. The fourth-order valence-electron chi connectivity index (χ4n) is 1.05. The number of hydrogen-bond acceptors (Lipinski definition) is 4. The van der Waals surface area contributed by atoms with Crippen LogP contribution in [-0.2, 0) is 10.0 Å². The van der Waals surface area contributed by atoms with Crippen LogP contribution in [0.1, 0.15) is 0 Å². The number of carbonyl (C=O) groups excluding carboxylic acids is 1. The van der Waals surface area contributed by atoms with Gasteiger partial charge in [-0.2, -0.15) is 0 Å². The molecule has 0 aromatic heterocycles. The highest BCUT2D eigenvalue weighted by Gasteiger charge is 2.23. The average molecular weight is 284 g/mol. The lowest BCUT2D eigenvalue weighted by Crippen LogP contribution is -2.35. The number of rotatable bonds is 2. The van der Waals surface area contributed by atoms with E-state index in [4.69, 9.17) is 34.7 Å². The second-order valence-electron chi connectivity index (χ2n) is 2.78. The third kappa shape index (κ3) is 2.69. The van der Waals surface area contributed by atoms with Crippen LogP contribution >= 0.6 is 23.2 Å². The highest BCUT2D eigenvalue weighted by molar-refractivity contribution is 7.90. The molecule has 0 saturated carbocycles. The summed E-state index contributed by atoms with van der Waals surface area (Å²) in [6.45, 7) is 0. The lowest BCUT2D eigenvalue weighted by Gasteiger charge is -2.09. The Morgan fingerprint density at radius 2 is 1.88 bits per heavy atom. The van der Waals surface area contributed by atoms with Gasteiger partial charge in [-0.3, -0.25) is 0 Å². The number of benzene rings is 1. The molecular weight excluding hydrogens is 277 g/mol. The number of nitrogen functional groups attached to an aromatic ring is 1. The molecule has 5 N–H and O–H groups in total. The lowest BCUT2D eigenvalue weighted by molar-refractivity contribution is 0.253. The molecule has 0 radical (unpaired) electrons. The first-order valence-corrected chi connectivity index (χ1v) is 6.04. The molecular formula is C7H7Cl2N3O3S. The van der Waals surface area contributed by atoms with Crippen molar-refractivity contribution in [1.29, 1.82) is 0 Å². The fourth-order valence-corrected chi connectivity index (χ4v) is 2.91. The van der Waals surface area contributed by atoms with Crippen molar-refractivity contribution in [3.05, 3.63) is 22.2 Å². The Kier molecular flexibility index (Phi) is 3.51. The van der Waals surface area contributed by atoms with Crippen LogP contribution in [0.15, 0.2) is 17.0 Å². The van der Waals surface area contributed by atoms with Crippen molar-refractivity contribution < 1.29 is 13.2 Å². The van der Waals surface area contributed by atoms with Crippen molar-refractivity contribution in [2.75, 3.05) is 5.73 Å². The summed E-state index contributed by atoms with van der Waals surface area (Å²) in [5, 5.41) is -0.0146. The quantitative estimate of drug-likeness (QED) is 0.700. The minimum Gasteiger partial charge on any atom is -0.398 e. The summed E-state index contributed by atoms with van der Waals surface area (Å²) in [5.74, 6) is 0. The SMILES string of the molecule is NC(=O)NS(=O)(=O)c1c(N)cc(Cl)cc1Cl. The van der Waals surface area contributed by atoms with E-state index in [0.29, 0.717) is 0 Å². The summed E-state index contributed by atoms with van der Waals surface area (Å²) >= 11 is 11.3. The van der Waals surface area contributed by atoms with E-state index >= 15 is 0 Å². The molecule has 0 spiro atoms. The van der Waals surface area contributed by atoms with Gasteiger partial charge in [0.2, 0.25) is 0 Å². The molecule has 0 aliphatic carbocycles. The standard InChI is InChI=1S/C7H7Cl2N3O3S/c8-3-1-4(9)6(5(10)2-3)16(14,15)12-7(11)13/h1-2H,10H2,(H3,11,12,13). The number of halogens is 2. The lowest BCUT2D eigenvalue weighted by atomic mass is 10.3. The van der Waals surface area contributed by atoms with E-state index in [9.17, 15) is 13.2 Å². The van der Waals surface area contributed by atoms with E-state index in [-0.39, 0.29) is 15.7 Å². The smallest absolute Gasteiger partial charge is 0.326 e. The van der Waals surface area contributed by atoms with Gasteiger partial charge < -0.3 is 11.5 Å². The van der Waals surface area contributed by atoms with E-state index in [0.717, 1.165) is 0 Å². The largest absolute Gasteiger partial charge is 0.398 e. The Bertz CT molecular complexity index is 521. The zero-order chi connectivity index (χ0) is 12.5. The molecule has 1 aromatic rings. The Morgan fingerprint density at radius 3 is 2.31 bits per heavy atom. The van der Waals surface area contributed by atoms with Crippen molar-refractivity contribution in [1.82, 2.24) is 4.72 Å². The molecule has 16 heavy (non-hydrogen) atoms. The summed E-state index contributed by atoms with van der Waals surface area (Å²) < 4.78 is 24.7. The highest BCUT2D eigenvalue weighted by Crippen LogP contribution is 2.30. The number of amides is 2. The Balaban J connectivity index is 3.39. The van der Waals surface area contributed by atoms with E-state index in [1.54, 1.807) is 4.72 Å². The number of nitrogens with one attached hydrogen (secondary N) is 1. The van der Waals surface area contributed by atoms with E-state index in [1.165, 1.54) is 12.1 Å². The summed E-state index contributed by atoms with van der Waals surface area (Å²) in [4.78, 5) is 10.1. The summed E-state index contributed by atoms with van der Waals surface area (Å²) in [6.07, 6.45) is 0. The van der Waals surface area contributed by atoms with Crippen LogP contribution in [0.2, 0.25) is 10.0 Å². The third-order valence-corrected chi connectivity index (χ3v) is 3.63. The number of anilines is 1. The number of nitrogens with two attached hydrogens (primary N) is 2. The highest BCUT2D eigenvalue weighted by atomic mass is 35.5. The van der Waals surface area contributed by atoms with Crippen LogP contribution in [0.4, 0.5) is 10.5 Å². The Morgan fingerprint density at radius 1 is 1.31 bits per heavy atom. The van der Waals surface area contributed by atoms with Crippen LogP contribution < -0.4 is 16.2 Å². The van der Waals surface area contributed by atoms with Gasteiger partial charge in [-0.05, 0) is 12.1 Å². The minimum atomic E-state index is -4.18. The first-order chi connectivity index (χ1) is 7.24. The van der Waals surface area contributed by atoms with Crippen LogP contribution in [-0.4, -0.2) is 14.4 Å². The van der Waals surface area contributed by atoms with E-state index < -0.39 is 20.9 Å². The average Bonchev–Trinajstić information content (AvgIpc) is 1.96. The van der Waals surface area contributed by atoms with Crippen LogP contribution in [0.25, 0.3) is 0 Å². The van der Waals surface area contributed by atoms with Crippen molar-refractivity contribution in [3.8, 4) is 0 Å². The fraction of sp³-hybridized carbons (Fsp3) is 0. The van der Waals surface area contributed by atoms with Crippen molar-refractivity contribution in [2.45, 2.75) is 4.90 Å². The van der Waals surface area contributed by atoms with Gasteiger partial charge in [-0.25, -0.2) is 17.9 Å². The molecule has 0 unspecified atom stereocenters. The van der Waals surface area contributed by atoms with Gasteiger partial charge in [0, 0.05) is 5.02 Å². The number of carbonyl (C=O) groups is 1. The van der Waals surface area contributed by atoms with E-state index in [2.05, 4.69) is 0 Å². The maximum atomic E-state index is 11.6. The van der Waals surface area contributed by atoms with Gasteiger partial charge in [0.25, 0.3) is 10.0 Å². The minimum absolute atomic E-state index is 0.175. The number of hydrogen-bond donors (Lipinski definition) is 3. The molecule has 0 bridgehead atoms.